The zero-order valence-corrected chi connectivity index (χ0v) is 18.4. The number of rotatable bonds is 5. The molecule has 10 heteroatoms. The fourth-order valence-corrected chi connectivity index (χ4v) is 4.12. The highest BCUT2D eigenvalue weighted by atomic mass is 35.5. The molecule has 0 spiro atoms. The first kappa shape index (κ1) is 23.7. The molecule has 0 aliphatic carbocycles. The molecule has 0 aliphatic heterocycles. The fraction of sp³-hybridized carbons (Fsp3) is 0.316. The number of benzene rings is 2. The van der Waals surface area contributed by atoms with E-state index in [9.17, 15) is 23.1 Å². The first-order valence-electron chi connectivity index (χ1n) is 8.50. The molecule has 29 heavy (non-hydrogen) atoms. The Kier molecular flexibility index (Phi) is 6.76. The molecular formula is C19H20Cl2F3NO3Si. The standard InChI is InChI=1S/C19H20Cl2F3NO3Si/c1-29(2,3)13-7-5-12(6-8-13)18(27,28-17(26)19(22,23)24)16(25)11-4-9-14(20)15(21)10-11/h4-10,16,27H,25H2,1-3H3. The van der Waals surface area contributed by atoms with Gasteiger partial charge < -0.3 is 15.6 Å². The Morgan fingerprint density at radius 2 is 1.62 bits per heavy atom. The van der Waals surface area contributed by atoms with Gasteiger partial charge >= 0.3 is 12.1 Å². The van der Waals surface area contributed by atoms with Gasteiger partial charge in [0.05, 0.1) is 18.1 Å². The quantitative estimate of drug-likeness (QED) is 0.387. The van der Waals surface area contributed by atoms with Crippen LogP contribution in [0.25, 0.3) is 0 Å². The SMILES string of the molecule is C[Si](C)(C)c1ccc(C(O)(OC(=O)C(F)(F)F)C(N)c2ccc(Cl)c(Cl)c2)cc1. The number of carbonyl (C=O) groups is 1. The minimum Gasteiger partial charge on any atom is -0.420 e. The summed E-state index contributed by atoms with van der Waals surface area (Å²) in [6.07, 6.45) is -5.32. The zero-order chi connectivity index (χ0) is 22.2. The number of nitrogens with two attached hydrogens (primary N) is 1. The van der Waals surface area contributed by atoms with Gasteiger partial charge in [-0.05, 0) is 17.7 Å². The summed E-state index contributed by atoms with van der Waals surface area (Å²) < 4.78 is 43.0. The van der Waals surface area contributed by atoms with Crippen molar-refractivity contribution in [1.29, 1.82) is 0 Å². The van der Waals surface area contributed by atoms with Crippen LogP contribution in [0.15, 0.2) is 42.5 Å². The van der Waals surface area contributed by atoms with E-state index in [1.807, 2.05) is 0 Å². The van der Waals surface area contributed by atoms with E-state index in [4.69, 9.17) is 28.9 Å². The van der Waals surface area contributed by atoms with Crippen molar-refractivity contribution >= 4 is 42.4 Å². The molecule has 0 fully saturated rings. The monoisotopic (exact) mass is 465 g/mol. The summed E-state index contributed by atoms with van der Waals surface area (Å²) in [5.41, 5.74) is 6.08. The highest BCUT2D eigenvalue weighted by Crippen LogP contribution is 2.38. The Morgan fingerprint density at radius 1 is 1.07 bits per heavy atom. The molecule has 2 unspecified atom stereocenters. The molecule has 2 aromatic rings. The molecule has 2 aromatic carbocycles. The summed E-state index contributed by atoms with van der Waals surface area (Å²) in [4.78, 5) is 11.5. The molecule has 0 bridgehead atoms. The zero-order valence-electron chi connectivity index (χ0n) is 15.8. The van der Waals surface area contributed by atoms with Crippen LogP contribution < -0.4 is 10.9 Å². The highest BCUT2D eigenvalue weighted by Gasteiger charge is 2.50. The van der Waals surface area contributed by atoms with Crippen molar-refractivity contribution in [2.45, 2.75) is 37.6 Å². The fourth-order valence-electron chi connectivity index (χ4n) is 2.64. The van der Waals surface area contributed by atoms with Crippen LogP contribution in [-0.2, 0) is 15.3 Å². The van der Waals surface area contributed by atoms with Crippen molar-refractivity contribution in [3.05, 3.63) is 63.6 Å². The van der Waals surface area contributed by atoms with Crippen LogP contribution in [0.4, 0.5) is 13.2 Å². The number of aliphatic hydroxyl groups is 1. The van der Waals surface area contributed by atoms with E-state index in [-0.39, 0.29) is 21.2 Å². The second-order valence-electron chi connectivity index (χ2n) is 7.56. The highest BCUT2D eigenvalue weighted by molar-refractivity contribution is 6.88. The minimum absolute atomic E-state index is 0.0817. The van der Waals surface area contributed by atoms with Crippen LogP contribution in [0.5, 0.6) is 0 Å². The van der Waals surface area contributed by atoms with Gasteiger partial charge in [0.25, 0.3) is 5.79 Å². The van der Waals surface area contributed by atoms with Gasteiger partial charge in [-0.25, -0.2) is 4.79 Å². The predicted molar refractivity (Wildman–Crippen MR) is 109 cm³/mol. The third kappa shape index (κ3) is 5.32. The van der Waals surface area contributed by atoms with Gasteiger partial charge in [0.2, 0.25) is 0 Å². The van der Waals surface area contributed by atoms with Crippen molar-refractivity contribution in [2.24, 2.45) is 5.73 Å². The first-order valence-corrected chi connectivity index (χ1v) is 12.8. The molecule has 2 rings (SSSR count). The number of esters is 1. The Balaban J connectivity index is 2.56. The van der Waals surface area contributed by atoms with Crippen molar-refractivity contribution in [3.8, 4) is 0 Å². The van der Waals surface area contributed by atoms with E-state index in [0.717, 1.165) is 5.19 Å². The topological polar surface area (TPSA) is 72.5 Å². The molecule has 2 atom stereocenters. The molecule has 3 N–H and O–H groups in total. The Bertz CT molecular complexity index is 901. The maximum absolute atomic E-state index is 12.8. The minimum atomic E-state index is -5.32. The second-order valence-corrected chi connectivity index (χ2v) is 13.5. The van der Waals surface area contributed by atoms with Gasteiger partial charge in [0.1, 0.15) is 6.04 Å². The average Bonchev–Trinajstić information content (AvgIpc) is 2.61. The normalized spacial score (nSPS) is 15.5. The molecule has 4 nitrogen and oxygen atoms in total. The summed E-state index contributed by atoms with van der Waals surface area (Å²) in [6, 6.07) is 8.62. The third-order valence-corrected chi connectivity index (χ3v) is 7.17. The van der Waals surface area contributed by atoms with Crippen molar-refractivity contribution in [2.75, 3.05) is 0 Å². The Hall–Kier alpha value is -1.58. The van der Waals surface area contributed by atoms with E-state index in [2.05, 4.69) is 24.4 Å². The smallest absolute Gasteiger partial charge is 0.420 e. The van der Waals surface area contributed by atoms with E-state index < -0.39 is 32.0 Å². The van der Waals surface area contributed by atoms with Crippen molar-refractivity contribution in [3.63, 3.8) is 0 Å². The molecule has 0 radical (unpaired) electrons. The largest absolute Gasteiger partial charge is 0.491 e. The number of hydrogen-bond acceptors (Lipinski definition) is 4. The summed E-state index contributed by atoms with van der Waals surface area (Å²) in [7, 11) is -1.71. The summed E-state index contributed by atoms with van der Waals surface area (Å²) in [6.45, 7) is 6.25. The molecular weight excluding hydrogens is 446 g/mol. The van der Waals surface area contributed by atoms with Crippen LogP contribution in [0.2, 0.25) is 29.7 Å². The Labute approximate surface area is 177 Å². The molecule has 158 valence electrons. The number of halogens is 5. The van der Waals surface area contributed by atoms with E-state index in [0.29, 0.717) is 0 Å². The number of carbonyl (C=O) groups excluding carboxylic acids is 1. The number of alkyl halides is 3. The summed E-state index contributed by atoms with van der Waals surface area (Å²) in [5.74, 6) is -5.35. The van der Waals surface area contributed by atoms with Crippen LogP contribution in [-0.4, -0.2) is 25.3 Å². The molecule has 0 heterocycles. The van der Waals surface area contributed by atoms with Gasteiger partial charge in [-0.2, -0.15) is 13.2 Å². The lowest BCUT2D eigenvalue weighted by Crippen LogP contribution is -2.46. The molecule has 0 aromatic heterocycles. The summed E-state index contributed by atoms with van der Waals surface area (Å²) in [5, 5.41) is 12.3. The third-order valence-electron chi connectivity index (χ3n) is 4.37. The van der Waals surface area contributed by atoms with Crippen LogP contribution in [0, 0.1) is 0 Å². The van der Waals surface area contributed by atoms with Gasteiger partial charge in [-0.3, -0.25) is 0 Å². The lowest BCUT2D eigenvalue weighted by Gasteiger charge is -2.34. The molecule has 0 saturated carbocycles. The van der Waals surface area contributed by atoms with Crippen molar-refractivity contribution in [1.82, 2.24) is 0 Å². The first-order chi connectivity index (χ1) is 13.2. The van der Waals surface area contributed by atoms with Crippen LogP contribution in [0.3, 0.4) is 0 Å². The Morgan fingerprint density at radius 3 is 2.07 bits per heavy atom. The van der Waals surface area contributed by atoms with Gasteiger partial charge in [-0.15, -0.1) is 0 Å². The molecule has 0 aliphatic rings. The molecule has 0 amide bonds. The van der Waals surface area contributed by atoms with Crippen LogP contribution in [0.1, 0.15) is 17.2 Å². The van der Waals surface area contributed by atoms with E-state index >= 15 is 0 Å². The average molecular weight is 466 g/mol. The predicted octanol–water partition coefficient (Wildman–Crippen LogP) is 4.49. The van der Waals surface area contributed by atoms with Gasteiger partial charge in [0.15, 0.2) is 0 Å². The number of ether oxygens (including phenoxy) is 1. The van der Waals surface area contributed by atoms with Gasteiger partial charge in [0, 0.05) is 5.56 Å². The maximum atomic E-state index is 12.8. The van der Waals surface area contributed by atoms with Crippen molar-refractivity contribution < 1.29 is 27.8 Å². The van der Waals surface area contributed by atoms with Gasteiger partial charge in [-0.1, -0.05) is 78.4 Å². The second kappa shape index (κ2) is 8.27. The van der Waals surface area contributed by atoms with E-state index in [1.54, 1.807) is 12.1 Å². The lowest BCUT2D eigenvalue weighted by molar-refractivity contribution is -0.259. The molecule has 0 saturated heterocycles. The maximum Gasteiger partial charge on any atom is 0.491 e. The van der Waals surface area contributed by atoms with Crippen LogP contribution >= 0.6 is 23.2 Å². The summed E-state index contributed by atoms with van der Waals surface area (Å²) >= 11 is 11.8. The van der Waals surface area contributed by atoms with E-state index in [1.165, 1.54) is 30.3 Å². The number of hydrogen-bond donors (Lipinski definition) is 2. The lowest BCUT2D eigenvalue weighted by atomic mass is 9.92.